The quantitative estimate of drug-likeness (QED) is 0.874. The topological polar surface area (TPSA) is 43.8 Å². The summed E-state index contributed by atoms with van der Waals surface area (Å²) in [5.41, 5.74) is 8.32. The molecule has 0 bridgehead atoms. The van der Waals surface area contributed by atoms with Crippen LogP contribution >= 0.6 is 23.4 Å². The molecule has 0 spiro atoms. The van der Waals surface area contributed by atoms with E-state index in [2.05, 4.69) is 11.2 Å². The Kier molecular flexibility index (Phi) is 4.32. The normalized spacial score (nSPS) is 12.7. The molecule has 0 amide bonds. The van der Waals surface area contributed by atoms with Crippen LogP contribution in [0.15, 0.2) is 35.4 Å². The standard InChI is InChI=1S/C13H16ClN3S/c1-3-17-13(10(14)8-16-17)12(15)9-6-4-5-7-11(9)18-2/h4-8,12H,3,15H2,1-2H3. The summed E-state index contributed by atoms with van der Waals surface area (Å²) in [7, 11) is 0. The minimum absolute atomic E-state index is 0.247. The van der Waals surface area contributed by atoms with E-state index in [0.29, 0.717) is 5.02 Å². The van der Waals surface area contributed by atoms with E-state index in [-0.39, 0.29) is 6.04 Å². The summed E-state index contributed by atoms with van der Waals surface area (Å²) in [6, 6.07) is 7.87. The van der Waals surface area contributed by atoms with E-state index in [0.717, 1.165) is 17.8 Å². The van der Waals surface area contributed by atoms with E-state index in [1.54, 1.807) is 18.0 Å². The molecule has 96 valence electrons. The molecular weight excluding hydrogens is 266 g/mol. The largest absolute Gasteiger partial charge is 0.319 e. The van der Waals surface area contributed by atoms with Crippen LogP contribution in [0.3, 0.4) is 0 Å². The fourth-order valence-electron chi connectivity index (χ4n) is 2.00. The zero-order valence-corrected chi connectivity index (χ0v) is 12.0. The number of rotatable bonds is 4. The van der Waals surface area contributed by atoms with Gasteiger partial charge in [-0.1, -0.05) is 29.8 Å². The number of nitrogens with two attached hydrogens (primary N) is 1. The second-order valence-corrected chi connectivity index (χ2v) is 5.17. The van der Waals surface area contributed by atoms with Gasteiger partial charge in [-0.05, 0) is 24.8 Å². The second-order valence-electron chi connectivity index (χ2n) is 3.91. The molecule has 0 saturated carbocycles. The van der Waals surface area contributed by atoms with Crippen molar-refractivity contribution in [2.75, 3.05) is 6.26 Å². The van der Waals surface area contributed by atoms with Crippen molar-refractivity contribution >= 4 is 23.4 Å². The van der Waals surface area contributed by atoms with E-state index in [1.165, 1.54) is 4.90 Å². The Morgan fingerprint density at radius 2 is 2.17 bits per heavy atom. The lowest BCUT2D eigenvalue weighted by atomic mass is 10.0. The fourth-order valence-corrected chi connectivity index (χ4v) is 2.91. The lowest BCUT2D eigenvalue weighted by Gasteiger charge is -2.17. The number of thioether (sulfide) groups is 1. The molecule has 1 aromatic carbocycles. The molecule has 2 rings (SSSR count). The summed E-state index contributed by atoms with van der Waals surface area (Å²) in [6.45, 7) is 2.79. The van der Waals surface area contributed by atoms with Crippen LogP contribution in [0.5, 0.6) is 0 Å². The number of nitrogens with zero attached hydrogens (tertiary/aromatic N) is 2. The van der Waals surface area contributed by atoms with Crippen LogP contribution in [0.4, 0.5) is 0 Å². The molecule has 18 heavy (non-hydrogen) atoms. The minimum Gasteiger partial charge on any atom is -0.319 e. The average Bonchev–Trinajstić information content (AvgIpc) is 2.79. The SMILES string of the molecule is CCn1ncc(Cl)c1C(N)c1ccccc1SC. The van der Waals surface area contributed by atoms with Crippen molar-refractivity contribution in [2.24, 2.45) is 5.73 Å². The molecular formula is C13H16ClN3S. The summed E-state index contributed by atoms with van der Waals surface area (Å²) in [5.74, 6) is 0. The predicted octanol–water partition coefficient (Wildman–Crippen LogP) is 3.33. The van der Waals surface area contributed by atoms with Crippen molar-refractivity contribution in [3.63, 3.8) is 0 Å². The molecule has 0 aliphatic heterocycles. The van der Waals surface area contributed by atoms with Gasteiger partial charge < -0.3 is 5.73 Å². The highest BCUT2D eigenvalue weighted by Gasteiger charge is 2.19. The van der Waals surface area contributed by atoms with Crippen LogP contribution < -0.4 is 5.73 Å². The van der Waals surface area contributed by atoms with Gasteiger partial charge in [-0.25, -0.2) is 0 Å². The maximum Gasteiger partial charge on any atom is 0.0837 e. The molecule has 0 aliphatic carbocycles. The van der Waals surface area contributed by atoms with E-state index >= 15 is 0 Å². The van der Waals surface area contributed by atoms with Gasteiger partial charge >= 0.3 is 0 Å². The first-order chi connectivity index (χ1) is 8.69. The maximum atomic E-state index is 6.36. The molecule has 1 heterocycles. The van der Waals surface area contributed by atoms with Gasteiger partial charge in [0.25, 0.3) is 0 Å². The Balaban J connectivity index is 2.47. The number of hydrogen-bond acceptors (Lipinski definition) is 3. The van der Waals surface area contributed by atoms with Gasteiger partial charge in [0.2, 0.25) is 0 Å². The lowest BCUT2D eigenvalue weighted by molar-refractivity contribution is 0.598. The van der Waals surface area contributed by atoms with E-state index in [4.69, 9.17) is 17.3 Å². The highest BCUT2D eigenvalue weighted by atomic mass is 35.5. The molecule has 5 heteroatoms. The number of aromatic nitrogens is 2. The number of benzene rings is 1. The Labute approximate surface area is 116 Å². The summed E-state index contributed by atoms with van der Waals surface area (Å²) >= 11 is 7.88. The Bertz CT molecular complexity index is 539. The van der Waals surface area contributed by atoms with Gasteiger partial charge in [-0.3, -0.25) is 4.68 Å². The van der Waals surface area contributed by atoms with Gasteiger partial charge in [0, 0.05) is 11.4 Å². The molecule has 0 saturated heterocycles. The van der Waals surface area contributed by atoms with Crippen molar-refractivity contribution in [1.29, 1.82) is 0 Å². The third-order valence-corrected chi connectivity index (χ3v) is 4.00. The van der Waals surface area contributed by atoms with Crippen LogP contribution in [0.25, 0.3) is 0 Å². The molecule has 1 unspecified atom stereocenters. The molecule has 2 aromatic rings. The Morgan fingerprint density at radius 1 is 1.44 bits per heavy atom. The van der Waals surface area contributed by atoms with Gasteiger partial charge in [0.1, 0.15) is 0 Å². The Morgan fingerprint density at radius 3 is 2.83 bits per heavy atom. The third kappa shape index (κ3) is 2.41. The van der Waals surface area contributed by atoms with Crippen LogP contribution in [-0.4, -0.2) is 16.0 Å². The molecule has 0 radical (unpaired) electrons. The maximum absolute atomic E-state index is 6.36. The van der Waals surface area contributed by atoms with Crippen molar-refractivity contribution < 1.29 is 0 Å². The van der Waals surface area contributed by atoms with Gasteiger partial charge in [0.15, 0.2) is 0 Å². The van der Waals surface area contributed by atoms with Crippen LogP contribution in [0.2, 0.25) is 5.02 Å². The van der Waals surface area contributed by atoms with Crippen molar-refractivity contribution in [1.82, 2.24) is 9.78 Å². The van der Waals surface area contributed by atoms with Crippen molar-refractivity contribution in [3.8, 4) is 0 Å². The number of halogens is 1. The lowest BCUT2D eigenvalue weighted by Crippen LogP contribution is -2.18. The van der Waals surface area contributed by atoms with Crippen molar-refractivity contribution in [2.45, 2.75) is 24.4 Å². The summed E-state index contributed by atoms with van der Waals surface area (Å²) < 4.78 is 1.85. The number of aryl methyl sites for hydroxylation is 1. The van der Waals surface area contributed by atoms with E-state index in [9.17, 15) is 0 Å². The van der Waals surface area contributed by atoms with Crippen LogP contribution in [0, 0.1) is 0 Å². The Hall–Kier alpha value is -0.970. The minimum atomic E-state index is -0.247. The molecule has 0 aliphatic rings. The highest BCUT2D eigenvalue weighted by molar-refractivity contribution is 7.98. The summed E-state index contributed by atoms with van der Waals surface area (Å²) in [4.78, 5) is 1.17. The van der Waals surface area contributed by atoms with Crippen LogP contribution in [0.1, 0.15) is 24.2 Å². The highest BCUT2D eigenvalue weighted by Crippen LogP contribution is 2.31. The first-order valence-electron chi connectivity index (χ1n) is 5.78. The summed E-state index contributed by atoms with van der Waals surface area (Å²) in [5, 5.41) is 4.86. The van der Waals surface area contributed by atoms with Gasteiger partial charge in [0.05, 0.1) is 23.0 Å². The molecule has 0 fully saturated rings. The van der Waals surface area contributed by atoms with Gasteiger partial charge in [-0.15, -0.1) is 11.8 Å². The van der Waals surface area contributed by atoms with Crippen molar-refractivity contribution in [3.05, 3.63) is 46.7 Å². The van der Waals surface area contributed by atoms with Gasteiger partial charge in [-0.2, -0.15) is 5.10 Å². The predicted molar refractivity (Wildman–Crippen MR) is 77.2 cm³/mol. The average molecular weight is 282 g/mol. The molecule has 1 atom stereocenters. The van der Waals surface area contributed by atoms with Crippen LogP contribution in [-0.2, 0) is 6.54 Å². The number of hydrogen-bond donors (Lipinski definition) is 1. The second kappa shape index (κ2) is 5.78. The first kappa shape index (κ1) is 13.5. The zero-order valence-electron chi connectivity index (χ0n) is 10.4. The molecule has 3 nitrogen and oxygen atoms in total. The van der Waals surface area contributed by atoms with E-state index < -0.39 is 0 Å². The zero-order chi connectivity index (χ0) is 13.1. The van der Waals surface area contributed by atoms with E-state index in [1.807, 2.05) is 36.1 Å². The first-order valence-corrected chi connectivity index (χ1v) is 7.39. The smallest absolute Gasteiger partial charge is 0.0837 e. The summed E-state index contributed by atoms with van der Waals surface area (Å²) in [6.07, 6.45) is 3.70. The monoisotopic (exact) mass is 281 g/mol. The third-order valence-electron chi connectivity index (χ3n) is 2.90. The molecule has 2 N–H and O–H groups in total. The fraction of sp³-hybridized carbons (Fsp3) is 0.308. The molecule has 1 aromatic heterocycles.